The molecule has 0 amide bonds. The zero-order valence-corrected chi connectivity index (χ0v) is 10.0. The molecule has 0 aromatic heterocycles. The van der Waals surface area contributed by atoms with Crippen LogP contribution in [0.5, 0.6) is 5.75 Å². The first-order valence-corrected chi connectivity index (χ1v) is 5.43. The van der Waals surface area contributed by atoms with Gasteiger partial charge in [-0.2, -0.15) is 0 Å². The molecule has 0 heterocycles. The molecule has 6 heteroatoms. The second kappa shape index (κ2) is 7.78. The monoisotopic (exact) mass is 256 g/mol. The predicted octanol–water partition coefficient (Wildman–Crippen LogP) is 0.413. The number of rotatable bonds is 7. The molecule has 2 N–H and O–H groups in total. The maximum absolute atomic E-state index is 10.9. The molecule has 0 aliphatic heterocycles. The molecule has 0 aliphatic carbocycles. The number of carbonyl (C=O) groups excluding carboxylic acids is 1. The first-order chi connectivity index (χ1) is 8.67. The maximum Gasteiger partial charge on any atom is 0.308 e. The molecule has 1 aromatic rings. The van der Waals surface area contributed by atoms with Crippen molar-refractivity contribution in [2.24, 2.45) is 0 Å². The lowest BCUT2D eigenvalue weighted by Crippen LogP contribution is -2.22. The average molecular weight is 256 g/mol. The summed E-state index contributed by atoms with van der Waals surface area (Å²) in [5, 5.41) is 17.5. The Balaban J connectivity index is 2.53. The molecule has 0 unspecified atom stereocenters. The Morgan fingerprint density at radius 2 is 1.94 bits per heavy atom. The van der Waals surface area contributed by atoms with Crippen molar-refractivity contribution in [3.63, 3.8) is 0 Å². The van der Waals surface area contributed by atoms with Crippen LogP contribution in [-0.4, -0.2) is 35.5 Å². The Morgan fingerprint density at radius 1 is 1.28 bits per heavy atom. The van der Waals surface area contributed by atoms with Crippen molar-refractivity contribution >= 4 is 5.97 Å². The lowest BCUT2D eigenvalue weighted by atomic mass is 10.2. The van der Waals surface area contributed by atoms with Gasteiger partial charge in [-0.25, -0.2) is 9.78 Å². The van der Waals surface area contributed by atoms with E-state index >= 15 is 0 Å². The Morgan fingerprint density at radius 3 is 2.56 bits per heavy atom. The van der Waals surface area contributed by atoms with Gasteiger partial charge in [0, 0.05) is 12.5 Å². The van der Waals surface area contributed by atoms with Crippen LogP contribution in [0.1, 0.15) is 12.5 Å². The zero-order valence-electron chi connectivity index (χ0n) is 10.0. The number of hydrogen-bond donors (Lipinski definition) is 2. The molecular weight excluding hydrogens is 240 g/mol. The second-order valence-corrected chi connectivity index (χ2v) is 3.55. The van der Waals surface area contributed by atoms with E-state index in [1.807, 2.05) is 0 Å². The van der Waals surface area contributed by atoms with Crippen LogP contribution in [0.3, 0.4) is 0 Å². The number of esters is 1. The third-order valence-corrected chi connectivity index (χ3v) is 2.05. The number of carbonyl (C=O) groups is 1. The van der Waals surface area contributed by atoms with Crippen LogP contribution in [0.25, 0.3) is 0 Å². The van der Waals surface area contributed by atoms with E-state index in [0.717, 1.165) is 0 Å². The van der Waals surface area contributed by atoms with E-state index in [1.165, 1.54) is 6.92 Å². The summed E-state index contributed by atoms with van der Waals surface area (Å²) >= 11 is 0. The van der Waals surface area contributed by atoms with E-state index in [0.29, 0.717) is 11.3 Å². The number of para-hydroxylation sites is 1. The number of aliphatic hydroxyl groups excluding tert-OH is 2. The number of benzene rings is 1. The van der Waals surface area contributed by atoms with Crippen LogP contribution < -0.4 is 4.74 Å². The van der Waals surface area contributed by atoms with Crippen molar-refractivity contribution in [2.75, 3.05) is 13.2 Å². The van der Waals surface area contributed by atoms with Crippen molar-refractivity contribution < 1.29 is 29.5 Å². The number of ether oxygens (including phenoxy) is 1. The van der Waals surface area contributed by atoms with E-state index in [2.05, 4.69) is 0 Å². The lowest BCUT2D eigenvalue weighted by Gasteiger charge is -2.12. The molecule has 1 aromatic carbocycles. The summed E-state index contributed by atoms with van der Waals surface area (Å²) in [7, 11) is 0. The van der Waals surface area contributed by atoms with Gasteiger partial charge in [0.1, 0.15) is 18.5 Å². The van der Waals surface area contributed by atoms with E-state index in [-0.39, 0.29) is 19.8 Å². The molecule has 0 saturated heterocycles. The standard InChI is InChI=1S/C12H16O6/c1-9(15)17-12-5-3-2-4-10(12)8-16-18-11(6-13)7-14/h2-5,11,13-14H,6-8H2,1H3. The fraction of sp³-hybridized carbons (Fsp3) is 0.417. The minimum absolute atomic E-state index is 0.0416. The molecule has 0 saturated carbocycles. The van der Waals surface area contributed by atoms with Gasteiger partial charge in [0.15, 0.2) is 0 Å². The van der Waals surface area contributed by atoms with Gasteiger partial charge in [-0.15, -0.1) is 0 Å². The van der Waals surface area contributed by atoms with Gasteiger partial charge < -0.3 is 14.9 Å². The molecule has 18 heavy (non-hydrogen) atoms. The van der Waals surface area contributed by atoms with Crippen molar-refractivity contribution in [2.45, 2.75) is 19.6 Å². The van der Waals surface area contributed by atoms with Crippen LogP contribution in [0.2, 0.25) is 0 Å². The smallest absolute Gasteiger partial charge is 0.308 e. The van der Waals surface area contributed by atoms with Gasteiger partial charge in [0.25, 0.3) is 0 Å². The van der Waals surface area contributed by atoms with Crippen LogP contribution >= 0.6 is 0 Å². The molecule has 0 fully saturated rings. The highest BCUT2D eigenvalue weighted by Crippen LogP contribution is 2.19. The topological polar surface area (TPSA) is 85.2 Å². The normalized spacial score (nSPS) is 10.7. The largest absolute Gasteiger partial charge is 0.426 e. The zero-order chi connectivity index (χ0) is 13.4. The molecule has 0 bridgehead atoms. The van der Waals surface area contributed by atoms with Crippen molar-refractivity contribution in [1.82, 2.24) is 0 Å². The predicted molar refractivity (Wildman–Crippen MR) is 61.6 cm³/mol. The summed E-state index contributed by atoms with van der Waals surface area (Å²) in [4.78, 5) is 20.5. The molecule has 0 atom stereocenters. The minimum atomic E-state index is -0.786. The third kappa shape index (κ3) is 4.80. The summed E-state index contributed by atoms with van der Waals surface area (Å²) in [6, 6.07) is 6.85. The minimum Gasteiger partial charge on any atom is -0.426 e. The molecule has 6 nitrogen and oxygen atoms in total. The highest BCUT2D eigenvalue weighted by Gasteiger charge is 2.09. The Labute approximate surface area is 105 Å². The summed E-state index contributed by atoms with van der Waals surface area (Å²) in [5.74, 6) is -0.0369. The summed E-state index contributed by atoms with van der Waals surface area (Å²) in [6.07, 6.45) is -0.786. The molecule has 0 radical (unpaired) electrons. The van der Waals surface area contributed by atoms with Crippen LogP contribution in [0, 0.1) is 0 Å². The van der Waals surface area contributed by atoms with Gasteiger partial charge >= 0.3 is 5.97 Å². The lowest BCUT2D eigenvalue weighted by molar-refractivity contribution is -0.341. The highest BCUT2D eigenvalue weighted by molar-refractivity contribution is 5.69. The van der Waals surface area contributed by atoms with Crippen LogP contribution in [0.15, 0.2) is 24.3 Å². The Hall–Kier alpha value is -1.47. The van der Waals surface area contributed by atoms with E-state index in [4.69, 9.17) is 24.7 Å². The van der Waals surface area contributed by atoms with E-state index in [1.54, 1.807) is 24.3 Å². The third-order valence-electron chi connectivity index (χ3n) is 2.05. The molecule has 100 valence electrons. The highest BCUT2D eigenvalue weighted by atomic mass is 17.2. The van der Waals surface area contributed by atoms with Crippen LogP contribution in [-0.2, 0) is 21.2 Å². The average Bonchev–Trinajstić information content (AvgIpc) is 2.36. The van der Waals surface area contributed by atoms with Gasteiger partial charge in [0.05, 0.1) is 13.2 Å². The molecule has 0 aliphatic rings. The summed E-state index contributed by atoms with van der Waals surface area (Å²) < 4.78 is 4.98. The SMILES string of the molecule is CC(=O)Oc1ccccc1COOC(CO)CO. The van der Waals surface area contributed by atoms with Gasteiger partial charge in [-0.3, -0.25) is 4.79 Å². The van der Waals surface area contributed by atoms with E-state index in [9.17, 15) is 4.79 Å². The van der Waals surface area contributed by atoms with Gasteiger partial charge in [0.2, 0.25) is 0 Å². The summed E-state index contributed by atoms with van der Waals surface area (Å²) in [5.41, 5.74) is 0.627. The van der Waals surface area contributed by atoms with Crippen LogP contribution in [0.4, 0.5) is 0 Å². The van der Waals surface area contributed by atoms with Gasteiger partial charge in [-0.1, -0.05) is 18.2 Å². The van der Waals surface area contributed by atoms with Crippen molar-refractivity contribution in [3.05, 3.63) is 29.8 Å². The quantitative estimate of drug-likeness (QED) is 0.318. The van der Waals surface area contributed by atoms with Crippen molar-refractivity contribution in [1.29, 1.82) is 0 Å². The Kier molecular flexibility index (Phi) is 6.31. The molecule has 1 rings (SSSR count). The fourth-order valence-electron chi connectivity index (χ4n) is 1.19. The first kappa shape index (κ1) is 14.6. The number of aliphatic hydroxyl groups is 2. The first-order valence-electron chi connectivity index (χ1n) is 5.43. The maximum atomic E-state index is 10.9. The van der Waals surface area contributed by atoms with E-state index < -0.39 is 12.1 Å². The fourth-order valence-corrected chi connectivity index (χ4v) is 1.19. The van der Waals surface area contributed by atoms with Crippen molar-refractivity contribution in [3.8, 4) is 5.75 Å². The van der Waals surface area contributed by atoms with Gasteiger partial charge in [-0.05, 0) is 6.07 Å². The molecular formula is C12H16O6. The second-order valence-electron chi connectivity index (χ2n) is 3.55. The Bertz CT molecular complexity index is 375. The molecule has 0 spiro atoms. The summed E-state index contributed by atoms with van der Waals surface area (Å²) in [6.45, 7) is 0.659. The number of hydrogen-bond acceptors (Lipinski definition) is 6.